The Morgan fingerprint density at radius 3 is 2.39 bits per heavy atom. The van der Waals surface area contributed by atoms with Crippen molar-refractivity contribution < 1.29 is 8.42 Å². The fraction of sp³-hybridized carbons (Fsp3) is 0.333. The molecule has 0 amide bonds. The predicted octanol–water partition coefficient (Wildman–Crippen LogP) is 2.61. The van der Waals surface area contributed by atoms with E-state index in [0.29, 0.717) is 46.4 Å². The van der Waals surface area contributed by atoms with Crippen LogP contribution in [0.5, 0.6) is 0 Å². The molecule has 2 aromatic rings. The van der Waals surface area contributed by atoms with E-state index in [2.05, 4.69) is 25.9 Å². The van der Waals surface area contributed by atoms with Crippen molar-refractivity contribution in [1.29, 1.82) is 0 Å². The number of pyridine rings is 1. The number of sulfone groups is 1. The molecule has 1 heterocycles. The molecule has 0 aliphatic heterocycles. The number of benzene rings is 1. The Morgan fingerprint density at radius 2 is 1.79 bits per heavy atom. The summed E-state index contributed by atoms with van der Waals surface area (Å²) in [5.41, 5.74) is 1.04. The first kappa shape index (κ1) is 22.3. The van der Waals surface area contributed by atoms with Crippen molar-refractivity contribution in [3.8, 4) is 0 Å². The van der Waals surface area contributed by atoms with Crippen LogP contribution in [0.3, 0.4) is 0 Å². The molecule has 1 aromatic carbocycles. The van der Waals surface area contributed by atoms with Crippen LogP contribution in [0.25, 0.3) is 0 Å². The first-order valence-electron chi connectivity index (χ1n) is 8.58. The van der Waals surface area contributed by atoms with Gasteiger partial charge in [0.2, 0.25) is 0 Å². The molecule has 7 nitrogen and oxygen atoms in total. The number of rotatable bonds is 8. The minimum atomic E-state index is -3.17. The molecular weight excluding hydrogens is 421 g/mol. The molecule has 0 bridgehead atoms. The van der Waals surface area contributed by atoms with Crippen molar-refractivity contribution in [1.82, 2.24) is 15.6 Å². The van der Waals surface area contributed by atoms with Crippen LogP contribution >= 0.6 is 23.2 Å². The van der Waals surface area contributed by atoms with Gasteiger partial charge in [-0.15, -0.1) is 0 Å². The summed E-state index contributed by atoms with van der Waals surface area (Å²) in [5.74, 6) is 1.25. The maximum Gasteiger partial charge on any atom is 0.191 e. The Bertz CT molecular complexity index is 918. The number of hydrogen-bond acceptors (Lipinski definition) is 5. The number of nitrogens with one attached hydrogen (secondary N) is 3. The third-order valence-corrected chi connectivity index (χ3v) is 5.42. The molecule has 10 heteroatoms. The molecular formula is C18H23Cl2N5O2S. The van der Waals surface area contributed by atoms with Crippen LogP contribution in [0.1, 0.15) is 5.56 Å². The van der Waals surface area contributed by atoms with Gasteiger partial charge in [-0.1, -0.05) is 35.3 Å². The van der Waals surface area contributed by atoms with Gasteiger partial charge in [0.1, 0.15) is 5.82 Å². The van der Waals surface area contributed by atoms with Crippen molar-refractivity contribution >= 4 is 44.8 Å². The normalized spacial score (nSPS) is 11.9. The molecule has 0 saturated heterocycles. The minimum absolute atomic E-state index is 0.324. The van der Waals surface area contributed by atoms with Gasteiger partial charge in [0, 0.05) is 39.1 Å². The minimum Gasteiger partial charge on any atom is -0.367 e. The second kappa shape index (κ2) is 10.5. The van der Waals surface area contributed by atoms with Gasteiger partial charge in [-0.25, -0.2) is 13.4 Å². The molecule has 0 atom stereocenters. The largest absolute Gasteiger partial charge is 0.367 e. The zero-order valence-corrected chi connectivity index (χ0v) is 18.0. The summed E-state index contributed by atoms with van der Waals surface area (Å²) in [6.07, 6.45) is 3.48. The number of aromatic nitrogens is 1. The molecule has 0 radical (unpaired) electrons. The molecule has 3 N–H and O–H groups in total. The molecule has 152 valence electrons. The Kier molecular flexibility index (Phi) is 8.35. The number of nitrogens with zero attached hydrogens (tertiary/aromatic N) is 2. The fourth-order valence-corrected chi connectivity index (χ4v) is 3.43. The first-order chi connectivity index (χ1) is 13.3. The molecule has 0 fully saturated rings. The summed E-state index contributed by atoms with van der Waals surface area (Å²) in [5, 5.41) is 10.5. The second-order valence-corrected chi connectivity index (χ2v) is 8.86. The van der Waals surface area contributed by atoms with E-state index < -0.39 is 9.84 Å². The topological polar surface area (TPSA) is 95.5 Å². The smallest absolute Gasteiger partial charge is 0.191 e. The lowest BCUT2D eigenvalue weighted by molar-refractivity contribution is 0.602. The van der Waals surface area contributed by atoms with Crippen molar-refractivity contribution in [3.05, 3.63) is 52.1 Å². The van der Waals surface area contributed by atoms with E-state index in [9.17, 15) is 8.42 Å². The Hall–Kier alpha value is -2.03. The van der Waals surface area contributed by atoms with Gasteiger partial charge in [-0.2, -0.15) is 0 Å². The summed E-state index contributed by atoms with van der Waals surface area (Å²) < 4.78 is 23.0. The number of halogens is 2. The van der Waals surface area contributed by atoms with Crippen LogP contribution < -0.4 is 16.0 Å². The number of aliphatic imine (C=N–C) groups is 1. The number of guanidine groups is 1. The van der Waals surface area contributed by atoms with Crippen LogP contribution in [-0.4, -0.2) is 52.3 Å². The highest BCUT2D eigenvalue weighted by Gasteiger charge is 2.06. The van der Waals surface area contributed by atoms with E-state index in [1.165, 1.54) is 12.5 Å². The van der Waals surface area contributed by atoms with Crippen LogP contribution in [0.4, 0.5) is 5.82 Å². The van der Waals surface area contributed by atoms with Gasteiger partial charge >= 0.3 is 0 Å². The van der Waals surface area contributed by atoms with Gasteiger partial charge < -0.3 is 16.0 Å². The zero-order chi connectivity index (χ0) is 20.6. The molecule has 28 heavy (non-hydrogen) atoms. The zero-order valence-electron chi connectivity index (χ0n) is 15.7. The summed E-state index contributed by atoms with van der Waals surface area (Å²) in [4.78, 5) is 8.62. The fourth-order valence-electron chi connectivity index (χ4n) is 2.36. The quantitative estimate of drug-likeness (QED) is 0.329. The molecule has 0 aliphatic rings. The third kappa shape index (κ3) is 7.18. The molecule has 0 aliphatic carbocycles. The van der Waals surface area contributed by atoms with E-state index in [0.717, 1.165) is 12.0 Å². The van der Waals surface area contributed by atoms with Gasteiger partial charge in [0.15, 0.2) is 15.8 Å². The van der Waals surface area contributed by atoms with Crippen LogP contribution in [0, 0.1) is 0 Å². The molecule has 0 spiro atoms. The van der Waals surface area contributed by atoms with Gasteiger partial charge in [-0.05, 0) is 30.2 Å². The van der Waals surface area contributed by atoms with E-state index in [-0.39, 0.29) is 0 Å². The monoisotopic (exact) mass is 443 g/mol. The van der Waals surface area contributed by atoms with E-state index >= 15 is 0 Å². The van der Waals surface area contributed by atoms with Crippen molar-refractivity contribution in [2.24, 2.45) is 4.99 Å². The number of hydrogen-bond donors (Lipinski definition) is 3. The van der Waals surface area contributed by atoms with Crippen LogP contribution in [0.15, 0.2) is 46.4 Å². The lowest BCUT2D eigenvalue weighted by Gasteiger charge is -2.13. The van der Waals surface area contributed by atoms with Crippen molar-refractivity contribution in [2.45, 2.75) is 11.3 Å². The van der Waals surface area contributed by atoms with Crippen LogP contribution in [0.2, 0.25) is 10.0 Å². The van der Waals surface area contributed by atoms with E-state index in [1.54, 1.807) is 25.2 Å². The number of anilines is 1. The predicted molar refractivity (Wildman–Crippen MR) is 115 cm³/mol. The standard InChI is InChI=1S/C18H23Cl2N5O2S/c1-21-18(24-10-9-22-17-16(20)11-14(19)12-25-17)23-8-7-13-3-5-15(6-4-13)28(2,26)27/h3-6,11-12H,7-10H2,1-2H3,(H,22,25)(H2,21,23,24). The molecule has 1 aromatic heterocycles. The Morgan fingerprint density at radius 1 is 1.11 bits per heavy atom. The van der Waals surface area contributed by atoms with Gasteiger partial charge in [-0.3, -0.25) is 4.99 Å². The van der Waals surface area contributed by atoms with Crippen molar-refractivity contribution in [2.75, 3.05) is 38.3 Å². The lowest BCUT2D eigenvalue weighted by atomic mass is 10.1. The average Bonchev–Trinajstić information content (AvgIpc) is 2.64. The van der Waals surface area contributed by atoms with E-state index in [4.69, 9.17) is 23.2 Å². The summed E-state index contributed by atoms with van der Waals surface area (Å²) in [6, 6.07) is 8.52. The summed E-state index contributed by atoms with van der Waals surface area (Å²) in [6.45, 7) is 1.88. The molecule has 0 saturated carbocycles. The Labute approximate surface area is 175 Å². The SMILES string of the molecule is CN=C(NCCNc1ncc(Cl)cc1Cl)NCCc1ccc(S(C)(=O)=O)cc1. The van der Waals surface area contributed by atoms with Gasteiger partial charge in [0.25, 0.3) is 0 Å². The first-order valence-corrected chi connectivity index (χ1v) is 11.2. The second-order valence-electron chi connectivity index (χ2n) is 6.00. The van der Waals surface area contributed by atoms with Crippen LogP contribution in [-0.2, 0) is 16.3 Å². The molecule has 2 rings (SSSR count). The molecule has 0 unspecified atom stereocenters. The summed E-state index contributed by atoms with van der Waals surface area (Å²) >= 11 is 11.9. The van der Waals surface area contributed by atoms with E-state index in [1.807, 2.05) is 12.1 Å². The highest BCUT2D eigenvalue weighted by atomic mass is 35.5. The van der Waals surface area contributed by atoms with Gasteiger partial charge in [0.05, 0.1) is 14.9 Å². The highest BCUT2D eigenvalue weighted by molar-refractivity contribution is 7.90. The summed E-state index contributed by atoms with van der Waals surface area (Å²) in [7, 11) is -1.47. The third-order valence-electron chi connectivity index (χ3n) is 3.80. The Balaban J connectivity index is 1.71. The van der Waals surface area contributed by atoms with Crippen molar-refractivity contribution in [3.63, 3.8) is 0 Å². The highest BCUT2D eigenvalue weighted by Crippen LogP contribution is 2.21. The maximum absolute atomic E-state index is 11.5. The lowest BCUT2D eigenvalue weighted by Crippen LogP contribution is -2.40. The maximum atomic E-state index is 11.5. The average molecular weight is 444 g/mol.